The number of nitrogens with one attached hydrogen (secondary N) is 1. The lowest BCUT2D eigenvalue weighted by atomic mass is 10.0. The molecule has 0 aliphatic carbocycles. The summed E-state index contributed by atoms with van der Waals surface area (Å²) in [6, 6.07) is 8.04. The minimum absolute atomic E-state index is 0.0140. The molecule has 8 heteroatoms. The summed E-state index contributed by atoms with van der Waals surface area (Å²) in [4.78, 5) is 21.6. The quantitative estimate of drug-likeness (QED) is 0.0633. The Morgan fingerprint density at radius 3 is 2.13 bits per heavy atom. The molecule has 1 rings (SSSR count). The third-order valence-corrected chi connectivity index (χ3v) is 7.37. The van der Waals surface area contributed by atoms with Crippen LogP contribution in [0.5, 0.6) is 5.75 Å². The number of carbonyl (C=O) groups is 1. The summed E-state index contributed by atoms with van der Waals surface area (Å²) in [7, 11) is -2.02. The Hall–Kier alpha value is -1.24. The van der Waals surface area contributed by atoms with Gasteiger partial charge in [-0.2, -0.15) is 0 Å². The van der Waals surface area contributed by atoms with Gasteiger partial charge in [0.05, 0.1) is 13.2 Å². The Labute approximate surface area is 239 Å². The van der Waals surface area contributed by atoms with Crippen LogP contribution in [-0.4, -0.2) is 49.9 Å². The van der Waals surface area contributed by atoms with Crippen LogP contribution in [0.4, 0.5) is 0 Å². The molecule has 0 aromatic heterocycles. The molecule has 0 heterocycles. The molecule has 2 unspecified atom stereocenters. The second-order valence-corrected chi connectivity index (χ2v) is 11.2. The lowest BCUT2D eigenvalue weighted by Gasteiger charge is -2.20. The molecule has 1 aromatic rings. The molecule has 0 aliphatic rings. The van der Waals surface area contributed by atoms with E-state index in [9.17, 15) is 9.69 Å². The Bertz CT molecular complexity index is 707. The SMILES string of the molecule is CCCCCCCCCCCCCCc1ccccc1OCC(COP(O)OCCCCNCC)OC(C)=O. The van der Waals surface area contributed by atoms with E-state index in [1.807, 2.05) is 18.2 Å². The fourth-order valence-electron chi connectivity index (χ4n) is 4.40. The molecule has 39 heavy (non-hydrogen) atoms. The summed E-state index contributed by atoms with van der Waals surface area (Å²) < 4.78 is 22.2. The molecule has 7 nitrogen and oxygen atoms in total. The second kappa shape index (κ2) is 25.7. The fourth-order valence-corrected chi connectivity index (χ4v) is 5.05. The third kappa shape index (κ3) is 21.2. The van der Waals surface area contributed by atoms with Gasteiger partial charge < -0.3 is 28.7 Å². The van der Waals surface area contributed by atoms with Gasteiger partial charge in [0.2, 0.25) is 0 Å². The van der Waals surface area contributed by atoms with Crippen LogP contribution in [0.2, 0.25) is 0 Å². The number of rotatable bonds is 27. The molecule has 0 aliphatic heterocycles. The van der Waals surface area contributed by atoms with E-state index in [2.05, 4.69) is 25.2 Å². The maximum Gasteiger partial charge on any atom is 0.329 e. The van der Waals surface area contributed by atoms with Gasteiger partial charge in [0.1, 0.15) is 12.4 Å². The van der Waals surface area contributed by atoms with Gasteiger partial charge in [-0.25, -0.2) is 0 Å². The van der Waals surface area contributed by atoms with Crippen molar-refractivity contribution in [1.82, 2.24) is 5.32 Å². The molecule has 0 saturated carbocycles. The van der Waals surface area contributed by atoms with Crippen molar-refractivity contribution in [2.24, 2.45) is 0 Å². The van der Waals surface area contributed by atoms with Gasteiger partial charge in [-0.15, -0.1) is 0 Å². The summed E-state index contributed by atoms with van der Waals surface area (Å²) in [6.07, 6.45) is 18.1. The minimum Gasteiger partial charge on any atom is -0.489 e. The Morgan fingerprint density at radius 1 is 0.846 bits per heavy atom. The smallest absolute Gasteiger partial charge is 0.329 e. The maximum absolute atomic E-state index is 11.6. The van der Waals surface area contributed by atoms with Crippen molar-refractivity contribution >= 4 is 14.6 Å². The van der Waals surface area contributed by atoms with Crippen LogP contribution in [0.25, 0.3) is 0 Å². The van der Waals surface area contributed by atoms with Crippen LogP contribution in [0, 0.1) is 0 Å². The highest BCUT2D eigenvalue weighted by Crippen LogP contribution is 2.33. The number of benzene rings is 1. The van der Waals surface area contributed by atoms with Crippen molar-refractivity contribution in [3.63, 3.8) is 0 Å². The average Bonchev–Trinajstić information content (AvgIpc) is 2.93. The number of unbranched alkanes of at least 4 members (excludes halogenated alkanes) is 12. The highest BCUT2D eigenvalue weighted by Gasteiger charge is 2.18. The van der Waals surface area contributed by atoms with Crippen molar-refractivity contribution in [1.29, 1.82) is 0 Å². The van der Waals surface area contributed by atoms with Crippen LogP contribution >= 0.6 is 8.60 Å². The second-order valence-electron chi connectivity index (χ2n) is 10.2. The first-order chi connectivity index (χ1) is 19.1. The third-order valence-electron chi connectivity index (χ3n) is 6.60. The lowest BCUT2D eigenvalue weighted by molar-refractivity contribution is -0.149. The number of hydrogen-bond acceptors (Lipinski definition) is 7. The average molecular weight is 570 g/mol. The van der Waals surface area contributed by atoms with Crippen LogP contribution < -0.4 is 10.1 Å². The Kier molecular flexibility index (Phi) is 23.6. The largest absolute Gasteiger partial charge is 0.489 e. The van der Waals surface area contributed by atoms with Crippen molar-refractivity contribution in [3.8, 4) is 5.75 Å². The van der Waals surface area contributed by atoms with Crippen molar-refractivity contribution in [2.45, 2.75) is 123 Å². The number of para-hydroxylation sites is 1. The molecule has 0 fully saturated rings. The predicted molar refractivity (Wildman–Crippen MR) is 161 cm³/mol. The molecule has 0 bridgehead atoms. The lowest BCUT2D eigenvalue weighted by Crippen LogP contribution is -2.28. The molecule has 0 radical (unpaired) electrons. The van der Waals surface area contributed by atoms with Crippen LogP contribution in [0.15, 0.2) is 24.3 Å². The zero-order valence-electron chi connectivity index (χ0n) is 25.0. The van der Waals surface area contributed by atoms with E-state index >= 15 is 0 Å². The summed E-state index contributed by atoms with van der Waals surface area (Å²) >= 11 is 0. The highest BCUT2D eigenvalue weighted by molar-refractivity contribution is 7.40. The zero-order valence-corrected chi connectivity index (χ0v) is 25.9. The Morgan fingerprint density at radius 2 is 1.49 bits per heavy atom. The summed E-state index contributed by atoms with van der Waals surface area (Å²) in [5.41, 5.74) is 1.16. The van der Waals surface area contributed by atoms with Crippen LogP contribution in [0.1, 0.15) is 116 Å². The van der Waals surface area contributed by atoms with E-state index in [1.165, 1.54) is 77.6 Å². The summed E-state index contributed by atoms with van der Waals surface area (Å²) in [6.45, 7) is 8.16. The van der Waals surface area contributed by atoms with Gasteiger partial charge in [0, 0.05) is 6.92 Å². The minimum atomic E-state index is -2.02. The van der Waals surface area contributed by atoms with Crippen molar-refractivity contribution in [2.75, 3.05) is 32.9 Å². The molecular weight excluding hydrogens is 513 g/mol. The molecule has 226 valence electrons. The zero-order chi connectivity index (χ0) is 28.4. The predicted octanol–water partition coefficient (Wildman–Crippen LogP) is 7.88. The highest BCUT2D eigenvalue weighted by atomic mass is 31.2. The fraction of sp³-hybridized carbons (Fsp3) is 0.774. The van der Waals surface area contributed by atoms with Crippen LogP contribution in [0.3, 0.4) is 0 Å². The summed E-state index contributed by atoms with van der Waals surface area (Å²) in [5, 5.41) is 3.25. The van der Waals surface area contributed by atoms with Gasteiger partial charge in [0.25, 0.3) is 0 Å². The summed E-state index contributed by atoms with van der Waals surface area (Å²) in [5.74, 6) is 0.393. The Balaban J connectivity index is 2.29. The molecule has 0 spiro atoms. The molecule has 1 aromatic carbocycles. The molecule has 2 atom stereocenters. The molecule has 2 N–H and O–H groups in total. The first kappa shape index (κ1) is 35.8. The van der Waals surface area contributed by atoms with Gasteiger partial charge in [0.15, 0.2) is 6.10 Å². The number of ether oxygens (including phenoxy) is 2. The van der Waals surface area contributed by atoms with Gasteiger partial charge in [-0.1, -0.05) is 103 Å². The maximum atomic E-state index is 11.6. The monoisotopic (exact) mass is 569 g/mol. The number of hydrogen-bond donors (Lipinski definition) is 2. The topological polar surface area (TPSA) is 86.2 Å². The van der Waals surface area contributed by atoms with E-state index < -0.39 is 20.7 Å². The van der Waals surface area contributed by atoms with E-state index in [0.29, 0.717) is 6.61 Å². The van der Waals surface area contributed by atoms with E-state index in [0.717, 1.165) is 50.1 Å². The van der Waals surface area contributed by atoms with Gasteiger partial charge in [-0.3, -0.25) is 4.79 Å². The standard InChI is InChI=1S/C31H56NO6P/c1-4-6-7-8-9-10-11-12-13-14-15-16-21-29-22-17-18-23-31(29)35-26-30(38-28(3)33)27-37-39(34)36-25-20-19-24-32-5-2/h17-18,22-23,30,32,34H,4-16,19-21,24-27H2,1-3H3. The number of esters is 1. The van der Waals surface area contributed by atoms with E-state index in [4.69, 9.17) is 18.5 Å². The molecule has 0 amide bonds. The van der Waals surface area contributed by atoms with Crippen LogP contribution in [-0.2, 0) is 25.0 Å². The first-order valence-corrected chi connectivity index (χ1v) is 16.5. The number of carbonyl (C=O) groups excluding carboxylic acids is 1. The number of aryl methyl sites for hydroxylation is 1. The van der Waals surface area contributed by atoms with Gasteiger partial charge >= 0.3 is 14.6 Å². The first-order valence-electron chi connectivity index (χ1n) is 15.4. The molecule has 0 saturated heterocycles. The van der Waals surface area contributed by atoms with Crippen molar-refractivity contribution in [3.05, 3.63) is 29.8 Å². The van der Waals surface area contributed by atoms with E-state index in [1.54, 1.807) is 0 Å². The normalized spacial score (nSPS) is 12.8. The van der Waals surface area contributed by atoms with E-state index in [-0.39, 0.29) is 13.2 Å². The van der Waals surface area contributed by atoms with Gasteiger partial charge in [-0.05, 0) is 50.4 Å². The molecular formula is C31H56NO6P. The van der Waals surface area contributed by atoms with Crippen molar-refractivity contribution < 1.29 is 28.2 Å².